The molecule has 4 rings (SSSR count). The number of para-hydroxylation sites is 2. The van der Waals surface area contributed by atoms with Gasteiger partial charge in [0.1, 0.15) is 31.1 Å². The molecule has 1 saturated carbocycles. The minimum absolute atomic E-state index is 0.0544. The molecule has 1 aliphatic carbocycles. The van der Waals surface area contributed by atoms with Gasteiger partial charge in [-0.1, -0.05) is 36.4 Å². The van der Waals surface area contributed by atoms with E-state index in [4.69, 9.17) is 20.6 Å². The van der Waals surface area contributed by atoms with Crippen LogP contribution in [0.4, 0.5) is 0 Å². The molecule has 214 valence electrons. The van der Waals surface area contributed by atoms with Crippen molar-refractivity contribution >= 4 is 23.6 Å². The number of fused-ring (bicyclic) bond motifs is 1. The number of carbonyl (C=O) groups excluding carboxylic acids is 3. The highest BCUT2D eigenvalue weighted by Gasteiger charge is 2.39. The smallest absolute Gasteiger partial charge is 0.243 e. The van der Waals surface area contributed by atoms with E-state index in [1.54, 1.807) is 44.3 Å². The van der Waals surface area contributed by atoms with Gasteiger partial charge in [0.2, 0.25) is 17.7 Å². The van der Waals surface area contributed by atoms with Crippen molar-refractivity contribution in [2.24, 2.45) is 11.7 Å². The molecule has 0 spiro atoms. The summed E-state index contributed by atoms with van der Waals surface area (Å²) in [5, 5.41) is 16.6. The number of nitrogens with zero attached hydrogens (tertiary/aromatic N) is 1. The predicted molar refractivity (Wildman–Crippen MR) is 150 cm³/mol. The Kier molecular flexibility index (Phi) is 9.60. The number of likely N-dealkylation sites (N-methyl/N-ethyl adjacent to an activating group) is 1. The van der Waals surface area contributed by atoms with Crippen LogP contribution in [0.1, 0.15) is 30.9 Å². The average Bonchev–Trinajstić information content (AvgIpc) is 3.79. The van der Waals surface area contributed by atoms with Gasteiger partial charge in [-0.3, -0.25) is 19.8 Å². The zero-order chi connectivity index (χ0) is 28.6. The third kappa shape index (κ3) is 7.50. The molecule has 0 radical (unpaired) electrons. The summed E-state index contributed by atoms with van der Waals surface area (Å²) in [6.07, 6.45) is 2.10. The lowest BCUT2D eigenvalue weighted by molar-refractivity contribution is -0.141. The van der Waals surface area contributed by atoms with Crippen molar-refractivity contribution in [3.05, 3.63) is 59.7 Å². The maximum Gasteiger partial charge on any atom is 0.243 e. The number of amidine groups is 1. The fourth-order valence-electron chi connectivity index (χ4n) is 4.55. The van der Waals surface area contributed by atoms with Crippen LogP contribution in [0.5, 0.6) is 11.5 Å². The molecule has 40 heavy (non-hydrogen) atoms. The standard InChI is InChI=1S/C29H38N6O5/c1-18-27(36)34-22(17-19-7-9-21(10-8-19)26(30)31)28(37)33-14-16-40-24-6-4-3-5-23(24)39-15-13-32-25(20-11-12-20)29(38)35(18)2/h3-10,18,20,22,25,32H,11-17H2,1-2H3,(H3,30,31)(H,33,37)(H,34,36)/t18-,22-,25+/m1/s1. The maximum atomic E-state index is 13.4. The number of hydrogen-bond donors (Lipinski definition) is 5. The number of nitrogens with one attached hydrogen (secondary N) is 4. The maximum absolute atomic E-state index is 13.4. The third-order valence-corrected chi connectivity index (χ3v) is 7.24. The topological polar surface area (TPSA) is 159 Å². The number of nitrogens with two attached hydrogens (primary N) is 1. The van der Waals surface area contributed by atoms with Gasteiger partial charge in [-0.25, -0.2) is 0 Å². The lowest BCUT2D eigenvalue weighted by Crippen LogP contribution is -2.57. The van der Waals surface area contributed by atoms with Crippen LogP contribution in [0, 0.1) is 11.3 Å². The number of ether oxygens (including phenoxy) is 2. The molecule has 2 aliphatic rings. The first-order chi connectivity index (χ1) is 19.2. The van der Waals surface area contributed by atoms with E-state index in [9.17, 15) is 14.4 Å². The van der Waals surface area contributed by atoms with E-state index in [1.165, 1.54) is 4.90 Å². The highest BCUT2D eigenvalue weighted by molar-refractivity contribution is 5.95. The van der Waals surface area contributed by atoms with Crippen molar-refractivity contribution in [3.8, 4) is 11.5 Å². The Morgan fingerprint density at radius 2 is 1.60 bits per heavy atom. The lowest BCUT2D eigenvalue weighted by atomic mass is 10.0. The van der Waals surface area contributed by atoms with Crippen molar-refractivity contribution in [1.29, 1.82) is 5.41 Å². The molecule has 1 aliphatic heterocycles. The molecule has 3 amide bonds. The molecule has 1 heterocycles. The van der Waals surface area contributed by atoms with Gasteiger partial charge in [-0.15, -0.1) is 0 Å². The highest BCUT2D eigenvalue weighted by Crippen LogP contribution is 2.33. The molecule has 2 aromatic carbocycles. The fraction of sp³-hybridized carbons (Fsp3) is 0.448. The van der Waals surface area contributed by atoms with Crippen molar-refractivity contribution in [1.82, 2.24) is 20.9 Å². The highest BCUT2D eigenvalue weighted by atomic mass is 16.5. The van der Waals surface area contributed by atoms with Gasteiger partial charge >= 0.3 is 0 Å². The second kappa shape index (κ2) is 13.3. The molecule has 2 aromatic rings. The normalized spacial score (nSPS) is 23.4. The van der Waals surface area contributed by atoms with Crippen molar-refractivity contribution < 1.29 is 23.9 Å². The zero-order valence-corrected chi connectivity index (χ0v) is 22.9. The van der Waals surface area contributed by atoms with E-state index < -0.39 is 24.0 Å². The zero-order valence-electron chi connectivity index (χ0n) is 22.9. The van der Waals surface area contributed by atoms with Crippen LogP contribution < -0.4 is 31.2 Å². The quantitative estimate of drug-likeness (QED) is 0.278. The molecular formula is C29H38N6O5. The predicted octanol–water partition coefficient (Wildman–Crippen LogP) is 0.801. The first-order valence-corrected chi connectivity index (χ1v) is 13.6. The average molecular weight is 551 g/mol. The second-order valence-electron chi connectivity index (χ2n) is 10.2. The van der Waals surface area contributed by atoms with Gasteiger partial charge in [0, 0.05) is 25.6 Å². The summed E-state index contributed by atoms with van der Waals surface area (Å²) in [5.74, 6) is 0.310. The minimum Gasteiger partial charge on any atom is -0.488 e. The molecule has 1 fully saturated rings. The van der Waals surface area contributed by atoms with E-state index in [1.807, 2.05) is 18.2 Å². The van der Waals surface area contributed by atoms with Crippen LogP contribution in [-0.4, -0.2) is 79.9 Å². The van der Waals surface area contributed by atoms with Gasteiger partial charge in [0.15, 0.2) is 11.5 Å². The number of amides is 3. The van der Waals surface area contributed by atoms with E-state index in [0.717, 1.165) is 18.4 Å². The van der Waals surface area contributed by atoms with Crippen LogP contribution in [0.2, 0.25) is 0 Å². The van der Waals surface area contributed by atoms with Crippen LogP contribution in [0.3, 0.4) is 0 Å². The largest absolute Gasteiger partial charge is 0.488 e. The first-order valence-electron chi connectivity index (χ1n) is 13.6. The molecule has 0 aromatic heterocycles. The molecule has 0 bridgehead atoms. The van der Waals surface area contributed by atoms with Gasteiger partial charge < -0.3 is 36.1 Å². The summed E-state index contributed by atoms with van der Waals surface area (Å²) < 4.78 is 11.8. The summed E-state index contributed by atoms with van der Waals surface area (Å²) in [6.45, 7) is 2.86. The minimum atomic E-state index is -0.895. The Bertz CT molecular complexity index is 1220. The fourth-order valence-corrected chi connectivity index (χ4v) is 4.55. The van der Waals surface area contributed by atoms with E-state index in [2.05, 4.69) is 16.0 Å². The Labute approximate surface area is 234 Å². The number of hydrogen-bond acceptors (Lipinski definition) is 7. The van der Waals surface area contributed by atoms with E-state index in [-0.39, 0.29) is 43.1 Å². The molecule has 11 nitrogen and oxygen atoms in total. The summed E-state index contributed by atoms with van der Waals surface area (Å²) in [7, 11) is 1.61. The van der Waals surface area contributed by atoms with Gasteiger partial charge in [0.05, 0.1) is 12.6 Å². The van der Waals surface area contributed by atoms with Crippen LogP contribution >= 0.6 is 0 Å². The first kappa shape index (κ1) is 28.9. The summed E-state index contributed by atoms with van der Waals surface area (Å²) in [5.41, 5.74) is 6.90. The summed E-state index contributed by atoms with van der Waals surface area (Å²) in [4.78, 5) is 41.4. The summed E-state index contributed by atoms with van der Waals surface area (Å²) >= 11 is 0. The molecule has 6 N–H and O–H groups in total. The number of nitrogen functional groups attached to an aromatic ring is 1. The molecule has 3 atom stereocenters. The van der Waals surface area contributed by atoms with E-state index >= 15 is 0 Å². The Morgan fingerprint density at radius 1 is 0.975 bits per heavy atom. The molecular weight excluding hydrogens is 512 g/mol. The molecule has 11 heteroatoms. The Hall–Kier alpha value is -4.12. The molecule has 0 unspecified atom stereocenters. The number of rotatable bonds is 4. The number of carbonyl (C=O) groups is 3. The van der Waals surface area contributed by atoms with Crippen LogP contribution in [-0.2, 0) is 20.8 Å². The lowest BCUT2D eigenvalue weighted by Gasteiger charge is -2.30. The van der Waals surface area contributed by atoms with Gasteiger partial charge in [-0.2, -0.15) is 0 Å². The number of benzene rings is 2. The van der Waals surface area contributed by atoms with Crippen molar-refractivity contribution in [2.45, 2.75) is 44.3 Å². The monoisotopic (exact) mass is 550 g/mol. The van der Waals surface area contributed by atoms with Gasteiger partial charge in [0.25, 0.3) is 0 Å². The van der Waals surface area contributed by atoms with Crippen LogP contribution in [0.15, 0.2) is 48.5 Å². The van der Waals surface area contributed by atoms with Crippen LogP contribution in [0.25, 0.3) is 0 Å². The second-order valence-corrected chi connectivity index (χ2v) is 10.2. The van der Waals surface area contributed by atoms with Crippen molar-refractivity contribution in [3.63, 3.8) is 0 Å². The third-order valence-electron chi connectivity index (χ3n) is 7.24. The Balaban J connectivity index is 1.54. The van der Waals surface area contributed by atoms with Crippen molar-refractivity contribution in [2.75, 3.05) is 33.4 Å². The SMILES string of the molecule is C[C@@H]1C(=O)N[C@H](Cc2ccc(C(=N)N)cc2)C(=O)NCCOc2ccccc2OCCN[C@@H](C2CC2)C(=O)N1C. The summed E-state index contributed by atoms with van der Waals surface area (Å²) in [6, 6.07) is 12.1. The van der Waals surface area contributed by atoms with E-state index in [0.29, 0.717) is 30.2 Å². The Morgan fingerprint density at radius 3 is 2.20 bits per heavy atom. The molecule has 0 saturated heterocycles. The van der Waals surface area contributed by atoms with Gasteiger partial charge in [-0.05, 0) is 43.4 Å².